The second kappa shape index (κ2) is 10.1. The third kappa shape index (κ3) is 5.02. The van der Waals surface area contributed by atoms with Crippen LogP contribution in [0.15, 0.2) is 76.5 Å². The number of nitrogens with one attached hydrogen (secondary N) is 1. The van der Waals surface area contributed by atoms with Gasteiger partial charge in [0.25, 0.3) is 11.1 Å². The monoisotopic (exact) mass is 562 g/mol. The number of amides is 2. The Morgan fingerprint density at radius 3 is 2.21 bits per heavy atom. The van der Waals surface area contributed by atoms with Crippen LogP contribution in [0, 0.1) is 11.8 Å². The summed E-state index contributed by atoms with van der Waals surface area (Å²) in [5, 5.41) is 1.86. The molecule has 2 aromatic carbocycles. The van der Waals surface area contributed by atoms with E-state index in [2.05, 4.69) is 10.2 Å². The summed E-state index contributed by atoms with van der Waals surface area (Å²) in [5.41, 5.74) is 1.44. The smallest absolute Gasteiger partial charge is 0.290 e. The lowest BCUT2D eigenvalue weighted by Crippen LogP contribution is -2.34. The van der Waals surface area contributed by atoms with Gasteiger partial charge in [0.15, 0.2) is 0 Å². The molecule has 3 aromatic rings. The first kappa shape index (κ1) is 25.5. The number of aromatic nitrogens is 2. The number of carbonyl (C=O) groups excluding carboxylic acids is 2. The molecule has 4 heterocycles. The largest absolute Gasteiger partial charge is 0.340 e. The number of hydrogen-bond donors (Lipinski definition) is 1. The van der Waals surface area contributed by atoms with Crippen LogP contribution in [0.25, 0.3) is 6.08 Å². The minimum atomic E-state index is -3.54. The molecule has 0 aliphatic carbocycles. The van der Waals surface area contributed by atoms with Gasteiger partial charge in [0.1, 0.15) is 5.82 Å². The van der Waals surface area contributed by atoms with Crippen LogP contribution in [-0.2, 0) is 14.8 Å². The van der Waals surface area contributed by atoms with Gasteiger partial charge in [0, 0.05) is 45.0 Å². The molecule has 0 radical (unpaired) electrons. The molecule has 3 saturated heterocycles. The van der Waals surface area contributed by atoms with Crippen molar-refractivity contribution < 1.29 is 18.0 Å². The quantitative estimate of drug-likeness (QED) is 0.452. The zero-order valence-corrected chi connectivity index (χ0v) is 22.7. The molecule has 0 spiro atoms. The molecule has 200 valence electrons. The highest BCUT2D eigenvalue weighted by Gasteiger charge is 2.45. The third-order valence-corrected chi connectivity index (χ3v) is 9.90. The van der Waals surface area contributed by atoms with Crippen LogP contribution >= 0.6 is 11.8 Å². The van der Waals surface area contributed by atoms with Crippen LogP contribution in [0.4, 0.5) is 22.2 Å². The highest BCUT2D eigenvalue weighted by Crippen LogP contribution is 2.37. The molecule has 3 aliphatic heterocycles. The number of para-hydroxylation sites is 1. The Hall–Kier alpha value is -3.74. The molecule has 6 rings (SSSR count). The zero-order chi connectivity index (χ0) is 27.1. The fourth-order valence-corrected chi connectivity index (χ4v) is 7.46. The number of benzene rings is 2. The SMILES string of the molecule is CN(c1ccccc1)c1cc(/C=C2\SC(=O)NC2=O)nc(N2CC3CN(S(=O)(=O)c4ccccc4)CC3C2)n1. The van der Waals surface area contributed by atoms with Gasteiger partial charge >= 0.3 is 0 Å². The van der Waals surface area contributed by atoms with Gasteiger partial charge in [-0.05, 0) is 53.9 Å². The molecule has 10 nitrogen and oxygen atoms in total. The van der Waals surface area contributed by atoms with E-state index in [1.165, 1.54) is 0 Å². The van der Waals surface area contributed by atoms with Crippen LogP contribution in [0.3, 0.4) is 0 Å². The highest BCUT2D eigenvalue weighted by atomic mass is 32.2. The first-order valence-corrected chi connectivity index (χ1v) is 14.8. The summed E-state index contributed by atoms with van der Waals surface area (Å²) in [4.78, 5) is 38.0. The van der Waals surface area contributed by atoms with E-state index in [1.54, 1.807) is 46.8 Å². The Balaban J connectivity index is 1.27. The number of nitrogens with zero attached hydrogens (tertiary/aromatic N) is 5. The predicted octanol–water partition coefficient (Wildman–Crippen LogP) is 3.33. The number of fused-ring (bicyclic) bond motifs is 1. The van der Waals surface area contributed by atoms with Gasteiger partial charge in [-0.1, -0.05) is 36.4 Å². The number of rotatable bonds is 6. The summed E-state index contributed by atoms with van der Waals surface area (Å²) in [6, 6.07) is 20.1. The molecule has 2 atom stereocenters. The Morgan fingerprint density at radius 1 is 0.949 bits per heavy atom. The van der Waals surface area contributed by atoms with Crippen molar-refractivity contribution in [1.82, 2.24) is 19.6 Å². The molecule has 3 aliphatic rings. The van der Waals surface area contributed by atoms with Crippen molar-refractivity contribution >= 4 is 56.5 Å². The number of thioether (sulfide) groups is 1. The first-order valence-electron chi connectivity index (χ1n) is 12.5. The van der Waals surface area contributed by atoms with Crippen molar-refractivity contribution in [3.8, 4) is 0 Å². The van der Waals surface area contributed by atoms with Gasteiger partial charge in [-0.15, -0.1) is 0 Å². The van der Waals surface area contributed by atoms with Crippen molar-refractivity contribution in [1.29, 1.82) is 0 Å². The first-order chi connectivity index (χ1) is 18.8. The maximum atomic E-state index is 13.1. The molecule has 2 unspecified atom stereocenters. The highest BCUT2D eigenvalue weighted by molar-refractivity contribution is 8.18. The molecule has 1 N–H and O–H groups in total. The summed E-state index contributed by atoms with van der Waals surface area (Å²) in [6.45, 7) is 2.12. The van der Waals surface area contributed by atoms with Crippen molar-refractivity contribution in [2.75, 3.05) is 43.0 Å². The van der Waals surface area contributed by atoms with Crippen LogP contribution in [0.1, 0.15) is 5.69 Å². The minimum Gasteiger partial charge on any atom is -0.340 e. The fraction of sp³-hybridized carbons (Fsp3) is 0.259. The predicted molar refractivity (Wildman–Crippen MR) is 150 cm³/mol. The van der Waals surface area contributed by atoms with E-state index < -0.39 is 21.2 Å². The van der Waals surface area contributed by atoms with Crippen molar-refractivity contribution in [2.45, 2.75) is 4.90 Å². The van der Waals surface area contributed by atoms with Crippen LogP contribution in [0.2, 0.25) is 0 Å². The molecule has 0 bridgehead atoms. The molecule has 2 amide bonds. The maximum absolute atomic E-state index is 13.1. The van der Waals surface area contributed by atoms with E-state index >= 15 is 0 Å². The van der Waals surface area contributed by atoms with Crippen LogP contribution in [-0.4, -0.2) is 67.1 Å². The Kier molecular flexibility index (Phi) is 6.61. The molecule has 1 aromatic heterocycles. The van der Waals surface area contributed by atoms with Gasteiger partial charge < -0.3 is 9.80 Å². The summed E-state index contributed by atoms with van der Waals surface area (Å²) in [7, 11) is -1.63. The Bertz CT molecular complexity index is 1550. The van der Waals surface area contributed by atoms with E-state index in [0.29, 0.717) is 48.5 Å². The number of hydrogen-bond acceptors (Lipinski definition) is 9. The van der Waals surface area contributed by atoms with Gasteiger partial charge in [0.05, 0.1) is 15.5 Å². The van der Waals surface area contributed by atoms with Crippen LogP contribution in [0.5, 0.6) is 0 Å². The Labute approximate surface area is 230 Å². The fourth-order valence-electron chi connectivity index (χ4n) is 5.22. The standard InChI is InChI=1S/C27H26N6O4S2/c1-31(21-8-4-2-5-9-21)24-13-20(12-23-25(34)30-27(35)38-23)28-26(29-24)32-14-18-16-33(17-19(18)15-32)39(36,37)22-10-6-3-7-11-22/h2-13,18-19H,14-17H2,1H3,(H,30,34,35)/b23-12-. The lowest BCUT2D eigenvalue weighted by atomic mass is 10.0. The van der Waals surface area contributed by atoms with Gasteiger partial charge in [-0.3, -0.25) is 14.9 Å². The van der Waals surface area contributed by atoms with E-state index in [9.17, 15) is 18.0 Å². The summed E-state index contributed by atoms with van der Waals surface area (Å²) in [5.74, 6) is 0.997. The van der Waals surface area contributed by atoms with Crippen molar-refractivity contribution in [2.24, 2.45) is 11.8 Å². The van der Waals surface area contributed by atoms with Gasteiger partial charge in [-0.2, -0.15) is 9.29 Å². The number of sulfonamides is 1. The van der Waals surface area contributed by atoms with E-state index in [0.717, 1.165) is 17.4 Å². The molecule has 12 heteroatoms. The average Bonchev–Trinajstić information content (AvgIpc) is 3.62. The second-order valence-corrected chi connectivity index (χ2v) is 12.7. The summed E-state index contributed by atoms with van der Waals surface area (Å²) < 4.78 is 27.9. The molecule has 0 saturated carbocycles. The molecule has 3 fully saturated rings. The number of carbonyl (C=O) groups is 2. The average molecular weight is 563 g/mol. The summed E-state index contributed by atoms with van der Waals surface area (Å²) >= 11 is 0.843. The van der Waals surface area contributed by atoms with Gasteiger partial charge in [0.2, 0.25) is 16.0 Å². The number of anilines is 3. The van der Waals surface area contributed by atoms with Gasteiger partial charge in [-0.25, -0.2) is 13.4 Å². The Morgan fingerprint density at radius 2 is 1.59 bits per heavy atom. The maximum Gasteiger partial charge on any atom is 0.290 e. The zero-order valence-electron chi connectivity index (χ0n) is 21.1. The lowest BCUT2D eigenvalue weighted by molar-refractivity contribution is -0.115. The van der Waals surface area contributed by atoms with E-state index in [4.69, 9.17) is 9.97 Å². The number of imide groups is 1. The summed E-state index contributed by atoms with van der Waals surface area (Å²) in [6.07, 6.45) is 1.60. The third-order valence-electron chi connectivity index (χ3n) is 7.25. The van der Waals surface area contributed by atoms with Crippen molar-refractivity contribution in [3.63, 3.8) is 0 Å². The molecular formula is C27H26N6O4S2. The topological polar surface area (TPSA) is 116 Å². The second-order valence-electron chi connectivity index (χ2n) is 9.76. The van der Waals surface area contributed by atoms with Crippen molar-refractivity contribution in [3.05, 3.63) is 77.3 Å². The normalized spacial score (nSPS) is 22.4. The molecule has 39 heavy (non-hydrogen) atoms. The van der Waals surface area contributed by atoms with E-state index in [-0.39, 0.29) is 16.7 Å². The molecular weight excluding hydrogens is 536 g/mol. The van der Waals surface area contributed by atoms with E-state index in [1.807, 2.05) is 42.3 Å². The van der Waals surface area contributed by atoms with Crippen LogP contribution < -0.4 is 15.1 Å². The minimum absolute atomic E-state index is 0.151. The lowest BCUT2D eigenvalue weighted by Gasteiger charge is -2.24.